The Kier molecular flexibility index (Phi) is 6.27. The molecule has 2 aromatic rings. The molecule has 2 aliphatic rings. The summed E-state index contributed by atoms with van der Waals surface area (Å²) in [5.41, 5.74) is 3.07. The van der Waals surface area contributed by atoms with E-state index in [0.717, 1.165) is 38.2 Å². The number of benzene rings is 2. The maximum absolute atomic E-state index is 13.2. The molecule has 0 radical (unpaired) electrons. The maximum atomic E-state index is 13.2. The number of likely N-dealkylation sites (tertiary alicyclic amines) is 2. The lowest BCUT2D eigenvalue weighted by Gasteiger charge is -2.28. The Morgan fingerprint density at radius 2 is 1.86 bits per heavy atom. The molecule has 2 saturated heterocycles. The number of nitrogens with zero attached hydrogens (tertiary/aromatic N) is 3. The first-order valence-electron chi connectivity index (χ1n) is 10.8. The van der Waals surface area contributed by atoms with Crippen LogP contribution in [-0.2, 0) is 11.2 Å². The lowest BCUT2D eigenvalue weighted by Crippen LogP contribution is -2.42. The zero-order chi connectivity index (χ0) is 20.1. The van der Waals surface area contributed by atoms with Crippen molar-refractivity contribution >= 4 is 5.91 Å². The maximum Gasteiger partial charge on any atom is 0.223 e. The first-order valence-corrected chi connectivity index (χ1v) is 10.8. The third kappa shape index (κ3) is 4.86. The molecule has 0 bridgehead atoms. The number of amides is 1. The first-order chi connectivity index (χ1) is 14.2. The summed E-state index contributed by atoms with van der Waals surface area (Å²) in [6.07, 6.45) is 4.80. The van der Waals surface area contributed by atoms with E-state index in [0.29, 0.717) is 30.4 Å². The molecule has 1 amide bonds. The van der Waals surface area contributed by atoms with Gasteiger partial charge in [-0.25, -0.2) is 0 Å². The number of nitriles is 1. The van der Waals surface area contributed by atoms with E-state index in [1.165, 1.54) is 18.4 Å². The van der Waals surface area contributed by atoms with Gasteiger partial charge in [-0.15, -0.1) is 0 Å². The lowest BCUT2D eigenvalue weighted by atomic mass is 9.96. The minimum atomic E-state index is 0.245. The van der Waals surface area contributed by atoms with Crippen LogP contribution in [0.3, 0.4) is 0 Å². The number of aryl methyl sites for hydroxylation is 1. The average Bonchev–Trinajstić information content (AvgIpc) is 3.43. The Balaban J connectivity index is 1.44. The van der Waals surface area contributed by atoms with E-state index in [9.17, 15) is 4.79 Å². The molecule has 2 aromatic carbocycles. The van der Waals surface area contributed by atoms with Gasteiger partial charge in [-0.3, -0.25) is 4.79 Å². The molecule has 0 saturated carbocycles. The predicted octanol–water partition coefficient (Wildman–Crippen LogP) is 3.97. The van der Waals surface area contributed by atoms with Crippen molar-refractivity contribution in [1.82, 2.24) is 9.80 Å². The Morgan fingerprint density at radius 3 is 2.62 bits per heavy atom. The first kappa shape index (κ1) is 19.7. The highest BCUT2D eigenvalue weighted by Crippen LogP contribution is 2.33. The van der Waals surface area contributed by atoms with Crippen molar-refractivity contribution in [3.63, 3.8) is 0 Å². The van der Waals surface area contributed by atoms with Crippen molar-refractivity contribution in [2.24, 2.45) is 0 Å². The van der Waals surface area contributed by atoms with Crippen molar-refractivity contribution < 1.29 is 4.79 Å². The van der Waals surface area contributed by atoms with E-state index in [-0.39, 0.29) is 5.91 Å². The topological polar surface area (TPSA) is 47.3 Å². The molecule has 2 unspecified atom stereocenters. The van der Waals surface area contributed by atoms with Crippen LogP contribution in [0, 0.1) is 11.3 Å². The van der Waals surface area contributed by atoms with E-state index in [1.807, 2.05) is 24.3 Å². The van der Waals surface area contributed by atoms with Crippen LogP contribution in [0.1, 0.15) is 48.3 Å². The normalized spacial score (nSPS) is 22.0. The Bertz CT molecular complexity index is 867. The van der Waals surface area contributed by atoms with Crippen molar-refractivity contribution in [2.45, 2.75) is 44.1 Å². The second kappa shape index (κ2) is 9.24. The second-order valence-electron chi connectivity index (χ2n) is 8.36. The smallest absolute Gasteiger partial charge is 0.223 e. The molecule has 4 heteroatoms. The van der Waals surface area contributed by atoms with Gasteiger partial charge in [0.15, 0.2) is 0 Å². The lowest BCUT2D eigenvalue weighted by molar-refractivity contribution is -0.132. The molecule has 2 heterocycles. The van der Waals surface area contributed by atoms with Crippen LogP contribution < -0.4 is 0 Å². The number of rotatable bonds is 6. The molecule has 150 valence electrons. The number of carbonyl (C=O) groups excluding carboxylic acids is 1. The molecule has 0 aliphatic carbocycles. The van der Waals surface area contributed by atoms with Crippen LogP contribution in [0.5, 0.6) is 0 Å². The minimum Gasteiger partial charge on any atom is -0.338 e. The van der Waals surface area contributed by atoms with Gasteiger partial charge in [-0.05, 0) is 62.0 Å². The van der Waals surface area contributed by atoms with Gasteiger partial charge < -0.3 is 9.80 Å². The third-order valence-electron chi connectivity index (χ3n) is 6.36. The molecule has 0 N–H and O–H groups in total. The van der Waals surface area contributed by atoms with Crippen LogP contribution in [-0.4, -0.2) is 47.9 Å². The van der Waals surface area contributed by atoms with Crippen molar-refractivity contribution in [3.8, 4) is 6.07 Å². The largest absolute Gasteiger partial charge is 0.338 e. The van der Waals surface area contributed by atoms with Gasteiger partial charge in [0.05, 0.1) is 11.6 Å². The Labute approximate surface area is 173 Å². The number of hydrogen-bond donors (Lipinski definition) is 0. The predicted molar refractivity (Wildman–Crippen MR) is 114 cm³/mol. The molecule has 29 heavy (non-hydrogen) atoms. The Hall–Kier alpha value is -2.64. The number of hydrogen-bond acceptors (Lipinski definition) is 3. The monoisotopic (exact) mass is 387 g/mol. The van der Waals surface area contributed by atoms with Gasteiger partial charge >= 0.3 is 0 Å². The van der Waals surface area contributed by atoms with Crippen molar-refractivity contribution in [2.75, 3.05) is 26.2 Å². The fourth-order valence-corrected chi connectivity index (χ4v) is 4.82. The molecule has 2 aliphatic heterocycles. The highest BCUT2D eigenvalue weighted by atomic mass is 16.2. The van der Waals surface area contributed by atoms with E-state index < -0.39 is 0 Å². The summed E-state index contributed by atoms with van der Waals surface area (Å²) in [6.45, 7) is 4.14. The zero-order valence-corrected chi connectivity index (χ0v) is 17.0. The molecule has 0 spiro atoms. The van der Waals surface area contributed by atoms with E-state index in [4.69, 9.17) is 5.26 Å². The average molecular weight is 388 g/mol. The van der Waals surface area contributed by atoms with Crippen LogP contribution >= 0.6 is 0 Å². The van der Waals surface area contributed by atoms with E-state index in [1.54, 1.807) is 0 Å². The standard InChI is InChI=1S/C25H29N3O/c26-17-21-8-6-7-20(15-21)11-12-25(29)28-18-23(22-9-2-1-3-10-22)16-24(28)19-27-13-4-5-14-27/h1-3,6-10,15,23-24H,4-5,11-14,16,18-19H2. The van der Waals surface area contributed by atoms with Gasteiger partial charge in [0.2, 0.25) is 5.91 Å². The van der Waals surface area contributed by atoms with Crippen molar-refractivity contribution in [1.29, 1.82) is 5.26 Å². The minimum absolute atomic E-state index is 0.245. The molecule has 0 aromatic heterocycles. The van der Waals surface area contributed by atoms with Crippen LogP contribution in [0.2, 0.25) is 0 Å². The highest BCUT2D eigenvalue weighted by Gasteiger charge is 2.36. The summed E-state index contributed by atoms with van der Waals surface area (Å²) in [5.74, 6) is 0.671. The van der Waals surface area contributed by atoms with Gasteiger partial charge in [0, 0.05) is 31.5 Å². The SMILES string of the molecule is N#Cc1cccc(CCC(=O)N2CC(c3ccccc3)CC2CN2CCCC2)c1. The Morgan fingerprint density at radius 1 is 1.07 bits per heavy atom. The van der Waals surface area contributed by atoms with Crippen LogP contribution in [0.15, 0.2) is 54.6 Å². The molecule has 4 nitrogen and oxygen atoms in total. The van der Waals surface area contributed by atoms with Gasteiger partial charge in [-0.2, -0.15) is 5.26 Å². The number of carbonyl (C=O) groups is 1. The molecule has 4 rings (SSSR count). The van der Waals surface area contributed by atoms with Gasteiger partial charge in [0.1, 0.15) is 0 Å². The van der Waals surface area contributed by atoms with Gasteiger partial charge in [-0.1, -0.05) is 42.5 Å². The summed E-state index contributed by atoms with van der Waals surface area (Å²) >= 11 is 0. The highest BCUT2D eigenvalue weighted by molar-refractivity contribution is 5.77. The van der Waals surface area contributed by atoms with Gasteiger partial charge in [0.25, 0.3) is 0 Å². The molecule has 2 atom stereocenters. The molecular formula is C25H29N3O. The summed E-state index contributed by atoms with van der Waals surface area (Å²) in [7, 11) is 0. The van der Waals surface area contributed by atoms with Crippen LogP contribution in [0.25, 0.3) is 0 Å². The third-order valence-corrected chi connectivity index (χ3v) is 6.36. The molecule has 2 fully saturated rings. The van der Waals surface area contributed by atoms with E-state index >= 15 is 0 Å². The summed E-state index contributed by atoms with van der Waals surface area (Å²) in [5, 5.41) is 9.09. The fraction of sp³-hybridized carbons (Fsp3) is 0.440. The quantitative estimate of drug-likeness (QED) is 0.753. The van der Waals surface area contributed by atoms with Crippen LogP contribution in [0.4, 0.5) is 0 Å². The fourth-order valence-electron chi connectivity index (χ4n) is 4.82. The summed E-state index contributed by atoms with van der Waals surface area (Å²) < 4.78 is 0. The van der Waals surface area contributed by atoms with Crippen molar-refractivity contribution in [3.05, 3.63) is 71.3 Å². The van der Waals surface area contributed by atoms with E-state index in [2.05, 4.69) is 46.2 Å². The summed E-state index contributed by atoms with van der Waals surface area (Å²) in [4.78, 5) is 17.8. The second-order valence-corrected chi connectivity index (χ2v) is 8.36. The summed E-state index contributed by atoms with van der Waals surface area (Å²) in [6, 6.07) is 20.7. The zero-order valence-electron chi connectivity index (χ0n) is 17.0. The molecular weight excluding hydrogens is 358 g/mol.